The van der Waals surface area contributed by atoms with Gasteiger partial charge in [0.1, 0.15) is 0 Å². The van der Waals surface area contributed by atoms with Crippen molar-refractivity contribution in [1.82, 2.24) is 0 Å². The molecule has 3 aromatic rings. The summed E-state index contributed by atoms with van der Waals surface area (Å²) in [7, 11) is 0. The SMILES string of the molecule is O=C(O)Cc1cc2cc(-c3ccccc3)sc2c(Cl)c1Cl. The molecule has 0 radical (unpaired) electrons. The summed E-state index contributed by atoms with van der Waals surface area (Å²) < 4.78 is 0.884. The van der Waals surface area contributed by atoms with Gasteiger partial charge in [-0.25, -0.2) is 0 Å². The normalized spacial score (nSPS) is 11.0. The molecule has 2 nitrogen and oxygen atoms in total. The largest absolute Gasteiger partial charge is 0.481 e. The van der Waals surface area contributed by atoms with E-state index in [0.717, 1.165) is 20.5 Å². The molecule has 0 saturated carbocycles. The molecule has 0 amide bonds. The molecule has 0 atom stereocenters. The molecule has 2 aromatic carbocycles. The molecule has 1 N–H and O–H groups in total. The lowest BCUT2D eigenvalue weighted by Gasteiger charge is -2.04. The van der Waals surface area contributed by atoms with Crippen LogP contribution in [-0.4, -0.2) is 11.1 Å². The third kappa shape index (κ3) is 2.77. The van der Waals surface area contributed by atoms with Crippen LogP contribution in [0.25, 0.3) is 20.5 Å². The van der Waals surface area contributed by atoms with E-state index in [-0.39, 0.29) is 6.42 Å². The Hall–Kier alpha value is -1.55. The molecule has 0 spiro atoms. The molecule has 1 aromatic heterocycles. The Bertz CT molecular complexity index is 825. The molecule has 0 aliphatic carbocycles. The molecule has 0 aliphatic heterocycles. The maximum Gasteiger partial charge on any atom is 0.307 e. The minimum atomic E-state index is -0.925. The molecular formula is C16H10Cl2O2S. The molecular weight excluding hydrogens is 327 g/mol. The minimum absolute atomic E-state index is 0.134. The number of carbonyl (C=O) groups is 1. The Morgan fingerprint density at radius 2 is 1.81 bits per heavy atom. The van der Waals surface area contributed by atoms with Crippen LogP contribution in [-0.2, 0) is 11.2 Å². The third-order valence-corrected chi connectivity index (χ3v) is 5.40. The van der Waals surface area contributed by atoms with Gasteiger partial charge in [-0.3, -0.25) is 4.79 Å². The van der Waals surface area contributed by atoms with Gasteiger partial charge in [0.25, 0.3) is 0 Å². The Balaban J connectivity index is 2.18. The summed E-state index contributed by atoms with van der Waals surface area (Å²) in [5.74, 6) is -0.925. The monoisotopic (exact) mass is 336 g/mol. The summed E-state index contributed by atoms with van der Waals surface area (Å²) >= 11 is 14.0. The average molecular weight is 337 g/mol. The van der Waals surface area contributed by atoms with Crippen LogP contribution >= 0.6 is 34.5 Å². The number of carboxylic acids is 1. The number of hydrogen-bond donors (Lipinski definition) is 1. The van der Waals surface area contributed by atoms with Crippen molar-refractivity contribution in [2.24, 2.45) is 0 Å². The molecule has 0 unspecified atom stereocenters. The van der Waals surface area contributed by atoms with E-state index in [1.165, 1.54) is 0 Å². The molecule has 0 bridgehead atoms. The van der Waals surface area contributed by atoms with Crippen LogP contribution in [0.4, 0.5) is 0 Å². The average Bonchev–Trinajstić information content (AvgIpc) is 2.89. The van der Waals surface area contributed by atoms with Gasteiger partial charge in [0.15, 0.2) is 0 Å². The highest BCUT2D eigenvalue weighted by Crippen LogP contribution is 2.42. The maximum atomic E-state index is 10.9. The van der Waals surface area contributed by atoms with Crippen LogP contribution in [0.15, 0.2) is 42.5 Å². The van der Waals surface area contributed by atoms with E-state index in [9.17, 15) is 4.79 Å². The molecule has 0 aliphatic rings. The van der Waals surface area contributed by atoms with E-state index in [2.05, 4.69) is 0 Å². The van der Waals surface area contributed by atoms with Crippen molar-refractivity contribution in [1.29, 1.82) is 0 Å². The lowest BCUT2D eigenvalue weighted by atomic mass is 10.1. The van der Waals surface area contributed by atoms with Crippen LogP contribution < -0.4 is 0 Å². The minimum Gasteiger partial charge on any atom is -0.481 e. The van der Waals surface area contributed by atoms with Gasteiger partial charge in [-0.2, -0.15) is 0 Å². The van der Waals surface area contributed by atoms with Crippen LogP contribution in [0.2, 0.25) is 10.0 Å². The van der Waals surface area contributed by atoms with E-state index < -0.39 is 5.97 Å². The van der Waals surface area contributed by atoms with E-state index in [0.29, 0.717) is 15.6 Å². The number of thiophene rings is 1. The second-order valence-corrected chi connectivity index (χ2v) is 6.44. The quantitative estimate of drug-likeness (QED) is 0.685. The third-order valence-electron chi connectivity index (χ3n) is 3.16. The Morgan fingerprint density at radius 3 is 2.48 bits per heavy atom. The van der Waals surface area contributed by atoms with Gasteiger partial charge in [-0.15, -0.1) is 11.3 Å². The van der Waals surface area contributed by atoms with Gasteiger partial charge < -0.3 is 5.11 Å². The molecule has 106 valence electrons. The highest BCUT2D eigenvalue weighted by molar-refractivity contribution is 7.23. The number of aliphatic carboxylic acids is 1. The summed E-state index contributed by atoms with van der Waals surface area (Å²) in [5.41, 5.74) is 1.64. The van der Waals surface area contributed by atoms with Crippen molar-refractivity contribution in [3.8, 4) is 10.4 Å². The number of benzene rings is 2. The fourth-order valence-corrected chi connectivity index (χ4v) is 3.92. The number of carboxylic acid groups (broad SMARTS) is 1. The van der Waals surface area contributed by atoms with Crippen molar-refractivity contribution < 1.29 is 9.90 Å². The molecule has 21 heavy (non-hydrogen) atoms. The molecule has 0 fully saturated rings. The van der Waals surface area contributed by atoms with Crippen molar-refractivity contribution in [3.63, 3.8) is 0 Å². The van der Waals surface area contributed by atoms with Crippen LogP contribution in [0.5, 0.6) is 0 Å². The first-order valence-corrected chi connectivity index (χ1v) is 7.81. The summed E-state index contributed by atoms with van der Waals surface area (Å²) in [6, 6.07) is 13.8. The standard InChI is InChI=1S/C16H10Cl2O2S/c17-14-10(8-13(19)20)6-11-7-12(21-16(11)15(14)18)9-4-2-1-3-5-9/h1-7H,8H2,(H,19,20). The lowest BCUT2D eigenvalue weighted by Crippen LogP contribution is -2.00. The number of hydrogen-bond acceptors (Lipinski definition) is 2. The summed E-state index contributed by atoms with van der Waals surface area (Å²) in [6.07, 6.45) is -0.134. The van der Waals surface area contributed by atoms with Crippen LogP contribution in [0.1, 0.15) is 5.56 Å². The topological polar surface area (TPSA) is 37.3 Å². The van der Waals surface area contributed by atoms with Gasteiger partial charge in [0.2, 0.25) is 0 Å². The van der Waals surface area contributed by atoms with Crippen LogP contribution in [0.3, 0.4) is 0 Å². The van der Waals surface area contributed by atoms with Crippen molar-refractivity contribution in [2.75, 3.05) is 0 Å². The zero-order valence-corrected chi connectivity index (χ0v) is 13.1. The van der Waals surface area contributed by atoms with E-state index >= 15 is 0 Å². The van der Waals surface area contributed by atoms with Crippen molar-refractivity contribution >= 4 is 50.6 Å². The van der Waals surface area contributed by atoms with Crippen LogP contribution in [0, 0.1) is 0 Å². The maximum absolute atomic E-state index is 10.9. The van der Waals surface area contributed by atoms with Crippen molar-refractivity contribution in [3.05, 3.63) is 58.1 Å². The fourth-order valence-electron chi connectivity index (χ4n) is 2.21. The van der Waals surface area contributed by atoms with Gasteiger partial charge in [0.05, 0.1) is 21.2 Å². The predicted molar refractivity (Wildman–Crippen MR) is 88.6 cm³/mol. The fraction of sp³-hybridized carbons (Fsp3) is 0.0625. The first-order valence-electron chi connectivity index (χ1n) is 6.24. The van der Waals surface area contributed by atoms with Crippen molar-refractivity contribution in [2.45, 2.75) is 6.42 Å². The zero-order chi connectivity index (χ0) is 15.0. The predicted octanol–water partition coefficient (Wildman–Crippen LogP) is 5.50. The summed E-state index contributed by atoms with van der Waals surface area (Å²) in [4.78, 5) is 12.0. The number of fused-ring (bicyclic) bond motifs is 1. The van der Waals surface area contributed by atoms with Gasteiger partial charge in [-0.1, -0.05) is 53.5 Å². The van der Waals surface area contributed by atoms with Gasteiger partial charge >= 0.3 is 5.97 Å². The van der Waals surface area contributed by atoms with E-state index in [4.69, 9.17) is 28.3 Å². The molecule has 3 rings (SSSR count). The molecule has 1 heterocycles. The lowest BCUT2D eigenvalue weighted by molar-refractivity contribution is -0.136. The number of halogens is 2. The Labute approximate surface area is 135 Å². The molecule has 5 heteroatoms. The first kappa shape index (κ1) is 14.4. The van der Waals surface area contributed by atoms with E-state index in [1.54, 1.807) is 17.4 Å². The number of rotatable bonds is 3. The highest BCUT2D eigenvalue weighted by Gasteiger charge is 2.15. The zero-order valence-electron chi connectivity index (χ0n) is 10.8. The smallest absolute Gasteiger partial charge is 0.307 e. The summed E-state index contributed by atoms with van der Waals surface area (Å²) in [6.45, 7) is 0. The highest BCUT2D eigenvalue weighted by atomic mass is 35.5. The van der Waals surface area contributed by atoms with E-state index in [1.807, 2.05) is 36.4 Å². The Kier molecular flexibility index (Phi) is 3.89. The second-order valence-electron chi connectivity index (χ2n) is 4.63. The first-order chi connectivity index (χ1) is 10.1. The summed E-state index contributed by atoms with van der Waals surface area (Å²) in [5, 5.41) is 10.6. The Morgan fingerprint density at radius 1 is 1.10 bits per heavy atom. The van der Waals surface area contributed by atoms with Gasteiger partial charge in [0, 0.05) is 4.88 Å². The second kappa shape index (κ2) is 5.68. The van der Waals surface area contributed by atoms with Gasteiger partial charge in [-0.05, 0) is 28.6 Å². The molecule has 0 saturated heterocycles.